The molecule has 0 amide bonds. The Kier molecular flexibility index (Phi) is 4.43. The van der Waals surface area contributed by atoms with Crippen LogP contribution in [-0.2, 0) is 13.1 Å². The van der Waals surface area contributed by atoms with Crippen molar-refractivity contribution in [1.29, 1.82) is 0 Å². The topological polar surface area (TPSA) is 52.7 Å². The minimum absolute atomic E-state index is 0.0351. The fourth-order valence-corrected chi connectivity index (χ4v) is 2.61. The summed E-state index contributed by atoms with van der Waals surface area (Å²) in [6, 6.07) is 4.45. The van der Waals surface area contributed by atoms with Crippen molar-refractivity contribution in [3.63, 3.8) is 0 Å². The zero-order chi connectivity index (χ0) is 16.4. The van der Waals surface area contributed by atoms with Crippen LogP contribution >= 0.6 is 11.6 Å². The summed E-state index contributed by atoms with van der Waals surface area (Å²) in [5.41, 5.74) is 0.426. The first-order valence-corrected chi connectivity index (χ1v) is 7.83. The molecule has 0 aliphatic heterocycles. The van der Waals surface area contributed by atoms with Gasteiger partial charge in [-0.2, -0.15) is 5.10 Å². The van der Waals surface area contributed by atoms with Gasteiger partial charge in [-0.15, -0.1) is 0 Å². The molecule has 0 atom stereocenters. The van der Waals surface area contributed by atoms with Crippen LogP contribution in [0, 0.1) is 5.82 Å². The highest BCUT2D eigenvalue weighted by molar-refractivity contribution is 6.31. The number of nitrogens with zero attached hydrogens (tertiary/aromatic N) is 4. The van der Waals surface area contributed by atoms with E-state index >= 15 is 0 Å². The smallest absolute Gasteiger partial charge is 0.264 e. The predicted octanol–water partition coefficient (Wildman–Crippen LogP) is 3.23. The summed E-state index contributed by atoms with van der Waals surface area (Å²) in [7, 11) is 0. The fourth-order valence-electron chi connectivity index (χ4n) is 2.39. The van der Waals surface area contributed by atoms with Crippen molar-refractivity contribution in [1.82, 2.24) is 19.3 Å². The van der Waals surface area contributed by atoms with Gasteiger partial charge in [0.1, 0.15) is 17.5 Å². The molecule has 23 heavy (non-hydrogen) atoms. The molecule has 0 aliphatic rings. The molecular formula is C16H16ClFN4O. The molecular weight excluding hydrogens is 319 g/mol. The second-order valence-electron chi connectivity index (χ2n) is 5.36. The minimum Gasteiger partial charge on any atom is -0.294 e. The van der Waals surface area contributed by atoms with Gasteiger partial charge in [-0.1, -0.05) is 31.0 Å². The molecule has 0 N–H and O–H groups in total. The zero-order valence-corrected chi connectivity index (χ0v) is 13.4. The van der Waals surface area contributed by atoms with E-state index in [9.17, 15) is 9.18 Å². The molecule has 0 aliphatic carbocycles. The van der Waals surface area contributed by atoms with Gasteiger partial charge in [0.15, 0.2) is 5.65 Å². The lowest BCUT2D eigenvalue weighted by Crippen LogP contribution is -2.21. The quantitative estimate of drug-likeness (QED) is 0.719. The SMILES string of the molecule is CCCCn1cc2c(=O)n(Cc3c(F)cccc3Cl)cnc2n1. The van der Waals surface area contributed by atoms with Crippen LogP contribution in [0.1, 0.15) is 25.3 Å². The first-order chi connectivity index (χ1) is 11.1. The third kappa shape index (κ3) is 3.12. The molecule has 5 nitrogen and oxygen atoms in total. The number of benzene rings is 1. The third-order valence-corrected chi connectivity index (χ3v) is 4.04. The van der Waals surface area contributed by atoms with Crippen molar-refractivity contribution in [2.45, 2.75) is 32.9 Å². The summed E-state index contributed by atoms with van der Waals surface area (Å²) in [4.78, 5) is 16.7. The van der Waals surface area contributed by atoms with E-state index in [-0.39, 0.29) is 22.7 Å². The van der Waals surface area contributed by atoms with Gasteiger partial charge in [0.05, 0.1) is 6.54 Å². The maximum absolute atomic E-state index is 13.9. The van der Waals surface area contributed by atoms with Crippen LogP contribution in [0.4, 0.5) is 4.39 Å². The summed E-state index contributed by atoms with van der Waals surface area (Å²) in [5.74, 6) is -0.442. The lowest BCUT2D eigenvalue weighted by atomic mass is 10.2. The molecule has 0 fully saturated rings. The molecule has 0 unspecified atom stereocenters. The van der Waals surface area contributed by atoms with Crippen molar-refractivity contribution in [3.8, 4) is 0 Å². The fraction of sp³-hybridized carbons (Fsp3) is 0.312. The molecule has 1 aromatic carbocycles. The maximum Gasteiger partial charge on any atom is 0.264 e. The average Bonchev–Trinajstić information content (AvgIpc) is 2.95. The molecule has 0 radical (unpaired) electrons. The minimum atomic E-state index is -0.442. The maximum atomic E-state index is 13.9. The van der Waals surface area contributed by atoms with Gasteiger partial charge >= 0.3 is 0 Å². The molecule has 0 saturated heterocycles. The molecule has 120 valence electrons. The number of hydrogen-bond acceptors (Lipinski definition) is 3. The molecule has 7 heteroatoms. The van der Waals surface area contributed by atoms with Gasteiger partial charge in [0.25, 0.3) is 5.56 Å². The van der Waals surface area contributed by atoms with Crippen molar-refractivity contribution in [2.75, 3.05) is 0 Å². The summed E-state index contributed by atoms with van der Waals surface area (Å²) in [5, 5.41) is 5.00. The third-order valence-electron chi connectivity index (χ3n) is 3.68. The Morgan fingerprint density at radius 1 is 1.35 bits per heavy atom. The van der Waals surface area contributed by atoms with E-state index in [2.05, 4.69) is 17.0 Å². The summed E-state index contributed by atoms with van der Waals surface area (Å²) in [6.07, 6.45) is 5.09. The Morgan fingerprint density at radius 2 is 2.17 bits per heavy atom. The van der Waals surface area contributed by atoms with Crippen LogP contribution in [0.15, 0.2) is 35.5 Å². The monoisotopic (exact) mass is 334 g/mol. The number of hydrogen-bond donors (Lipinski definition) is 0. The average molecular weight is 335 g/mol. The largest absolute Gasteiger partial charge is 0.294 e. The lowest BCUT2D eigenvalue weighted by Gasteiger charge is -2.07. The molecule has 0 saturated carbocycles. The Labute approximate surface area is 137 Å². The summed E-state index contributed by atoms with van der Waals surface area (Å²) >= 11 is 6.02. The number of unbranched alkanes of at least 4 members (excludes halogenated alkanes) is 1. The Balaban J connectivity index is 1.99. The van der Waals surface area contributed by atoms with Gasteiger partial charge in [-0.25, -0.2) is 9.37 Å². The molecule has 2 aromatic heterocycles. The molecule has 3 rings (SSSR count). The second kappa shape index (κ2) is 6.50. The van der Waals surface area contributed by atoms with Crippen LogP contribution < -0.4 is 5.56 Å². The first-order valence-electron chi connectivity index (χ1n) is 7.45. The van der Waals surface area contributed by atoms with Gasteiger partial charge in [-0.05, 0) is 18.6 Å². The van der Waals surface area contributed by atoms with Gasteiger partial charge in [0.2, 0.25) is 0 Å². The van der Waals surface area contributed by atoms with E-state index in [0.717, 1.165) is 19.4 Å². The number of rotatable bonds is 5. The molecule has 0 bridgehead atoms. The van der Waals surface area contributed by atoms with Crippen molar-refractivity contribution in [3.05, 3.63) is 57.5 Å². The van der Waals surface area contributed by atoms with E-state index < -0.39 is 5.82 Å². The van der Waals surface area contributed by atoms with Gasteiger partial charge in [-0.3, -0.25) is 14.0 Å². The highest BCUT2D eigenvalue weighted by atomic mass is 35.5. The molecule has 0 spiro atoms. The first kappa shape index (κ1) is 15.7. The normalized spacial score (nSPS) is 11.3. The highest BCUT2D eigenvalue weighted by Gasteiger charge is 2.12. The van der Waals surface area contributed by atoms with Crippen molar-refractivity contribution in [2.24, 2.45) is 0 Å². The van der Waals surface area contributed by atoms with Crippen LogP contribution in [0.2, 0.25) is 5.02 Å². The standard InChI is InChI=1S/C16H16ClFN4O/c1-2-3-7-22-9-12-15(20-22)19-10-21(16(12)23)8-11-13(17)5-4-6-14(11)18/h4-6,9-10H,2-3,7-8H2,1H3. The van der Waals surface area contributed by atoms with E-state index in [1.165, 1.54) is 23.0 Å². The number of halogens is 2. The van der Waals surface area contributed by atoms with Crippen LogP contribution in [0.25, 0.3) is 11.0 Å². The lowest BCUT2D eigenvalue weighted by molar-refractivity contribution is 0.575. The highest BCUT2D eigenvalue weighted by Crippen LogP contribution is 2.19. The van der Waals surface area contributed by atoms with E-state index in [1.807, 2.05) is 0 Å². The number of fused-ring (bicyclic) bond motifs is 1. The van der Waals surface area contributed by atoms with Crippen molar-refractivity contribution >= 4 is 22.6 Å². The van der Waals surface area contributed by atoms with Crippen molar-refractivity contribution < 1.29 is 4.39 Å². The van der Waals surface area contributed by atoms with E-state index in [4.69, 9.17) is 11.6 Å². The van der Waals surface area contributed by atoms with Gasteiger partial charge in [0, 0.05) is 23.3 Å². The van der Waals surface area contributed by atoms with Crippen LogP contribution in [0.3, 0.4) is 0 Å². The van der Waals surface area contributed by atoms with Crippen LogP contribution in [0.5, 0.6) is 0 Å². The van der Waals surface area contributed by atoms with Gasteiger partial charge < -0.3 is 0 Å². The number of aryl methyl sites for hydroxylation is 1. The second-order valence-corrected chi connectivity index (χ2v) is 5.77. The molecule has 3 aromatic rings. The molecule has 2 heterocycles. The van der Waals surface area contributed by atoms with E-state index in [0.29, 0.717) is 11.0 Å². The van der Waals surface area contributed by atoms with E-state index in [1.54, 1.807) is 16.9 Å². The summed E-state index contributed by atoms with van der Waals surface area (Å²) in [6.45, 7) is 2.87. The van der Waals surface area contributed by atoms with Crippen LogP contribution in [-0.4, -0.2) is 19.3 Å². The number of aromatic nitrogens is 4. The summed E-state index contributed by atoms with van der Waals surface area (Å²) < 4.78 is 17.0. The zero-order valence-electron chi connectivity index (χ0n) is 12.7. The predicted molar refractivity (Wildman–Crippen MR) is 87.2 cm³/mol. The Bertz CT molecular complexity index is 882. The Hall–Kier alpha value is -2.21. The Morgan fingerprint density at radius 3 is 2.91 bits per heavy atom.